The fourth-order valence-corrected chi connectivity index (χ4v) is 1.97. The highest BCUT2D eigenvalue weighted by Crippen LogP contribution is 2.30. The first-order chi connectivity index (χ1) is 9.70. The lowest BCUT2D eigenvalue weighted by molar-refractivity contribution is -0.141. The van der Waals surface area contributed by atoms with Crippen LogP contribution < -0.4 is 0 Å². The molecule has 2 rings (SSSR count). The monoisotopic (exact) mass is 337 g/mol. The molecule has 1 heterocycles. The molecule has 0 aliphatic rings. The van der Waals surface area contributed by atoms with Crippen molar-refractivity contribution in [2.24, 2.45) is 0 Å². The summed E-state index contributed by atoms with van der Waals surface area (Å²) in [5, 5.41) is -0.868. The van der Waals surface area contributed by atoms with Gasteiger partial charge >= 0.3 is 6.18 Å². The van der Waals surface area contributed by atoms with E-state index < -0.39 is 28.6 Å². The van der Waals surface area contributed by atoms with Crippen molar-refractivity contribution in [3.63, 3.8) is 0 Å². The molecule has 1 aromatic carbocycles. The van der Waals surface area contributed by atoms with E-state index in [4.69, 9.17) is 23.2 Å². The van der Waals surface area contributed by atoms with Gasteiger partial charge in [0.1, 0.15) is 16.7 Å². The van der Waals surface area contributed by atoms with Crippen LogP contribution in [0, 0.1) is 5.82 Å². The quantitative estimate of drug-likeness (QED) is 0.448. The van der Waals surface area contributed by atoms with Crippen LogP contribution in [0.2, 0.25) is 10.2 Å². The van der Waals surface area contributed by atoms with Crippen LogP contribution in [0.4, 0.5) is 17.6 Å². The number of carbonyl (C=O) groups excluding carboxylic acids is 1. The molecule has 0 aliphatic carbocycles. The van der Waals surface area contributed by atoms with Gasteiger partial charge in [-0.15, -0.1) is 0 Å². The Morgan fingerprint density at radius 3 is 2.29 bits per heavy atom. The Labute approximate surface area is 126 Å². The minimum absolute atomic E-state index is 0.00939. The van der Waals surface area contributed by atoms with Gasteiger partial charge in [-0.05, 0) is 30.3 Å². The molecular formula is C13H5Cl2F4NO. The van der Waals surface area contributed by atoms with E-state index in [0.717, 1.165) is 24.3 Å². The Balaban J connectivity index is 2.42. The molecule has 0 amide bonds. The van der Waals surface area contributed by atoms with Gasteiger partial charge in [-0.25, -0.2) is 9.37 Å². The van der Waals surface area contributed by atoms with Crippen molar-refractivity contribution in [1.29, 1.82) is 0 Å². The van der Waals surface area contributed by atoms with Crippen LogP contribution in [-0.2, 0) is 6.18 Å². The van der Waals surface area contributed by atoms with Gasteiger partial charge in [0.2, 0.25) is 0 Å². The number of benzene rings is 1. The lowest BCUT2D eigenvalue weighted by atomic mass is 10.0. The van der Waals surface area contributed by atoms with E-state index in [1.807, 2.05) is 0 Å². The third-order valence-corrected chi connectivity index (χ3v) is 3.14. The molecule has 2 nitrogen and oxygen atoms in total. The Morgan fingerprint density at radius 2 is 1.76 bits per heavy atom. The first-order valence-corrected chi connectivity index (χ1v) is 6.19. The van der Waals surface area contributed by atoms with E-state index in [1.165, 1.54) is 0 Å². The molecule has 0 radical (unpaired) electrons. The van der Waals surface area contributed by atoms with E-state index in [1.54, 1.807) is 0 Å². The Morgan fingerprint density at radius 1 is 1.10 bits per heavy atom. The first kappa shape index (κ1) is 15.7. The molecule has 0 bridgehead atoms. The zero-order chi connectivity index (χ0) is 15.8. The van der Waals surface area contributed by atoms with Crippen molar-refractivity contribution in [1.82, 2.24) is 4.98 Å². The minimum Gasteiger partial charge on any atom is -0.288 e. The average Bonchev–Trinajstić information content (AvgIpc) is 2.40. The summed E-state index contributed by atoms with van der Waals surface area (Å²) in [5.41, 5.74) is -1.45. The fourth-order valence-electron chi connectivity index (χ4n) is 1.55. The highest BCUT2D eigenvalue weighted by atomic mass is 35.5. The second-order valence-corrected chi connectivity index (χ2v) is 4.76. The molecule has 0 saturated heterocycles. The van der Waals surface area contributed by atoms with E-state index in [0.29, 0.717) is 6.07 Å². The number of carbonyl (C=O) groups is 1. The van der Waals surface area contributed by atoms with Gasteiger partial charge in [-0.1, -0.05) is 23.2 Å². The van der Waals surface area contributed by atoms with Gasteiger partial charge in [-0.2, -0.15) is 13.2 Å². The Kier molecular flexibility index (Phi) is 4.20. The van der Waals surface area contributed by atoms with E-state index >= 15 is 0 Å². The van der Waals surface area contributed by atoms with Crippen molar-refractivity contribution in [2.45, 2.75) is 6.18 Å². The minimum atomic E-state index is -4.66. The van der Waals surface area contributed by atoms with Gasteiger partial charge in [0, 0.05) is 5.56 Å². The average molecular weight is 338 g/mol. The van der Waals surface area contributed by atoms with Gasteiger partial charge in [0.25, 0.3) is 0 Å². The molecule has 21 heavy (non-hydrogen) atoms. The molecular weight excluding hydrogens is 333 g/mol. The van der Waals surface area contributed by atoms with E-state index in [9.17, 15) is 22.4 Å². The second kappa shape index (κ2) is 5.61. The third kappa shape index (κ3) is 3.33. The van der Waals surface area contributed by atoms with Gasteiger partial charge in [0.05, 0.1) is 10.6 Å². The summed E-state index contributed by atoms with van der Waals surface area (Å²) in [6, 6.07) is 4.74. The second-order valence-electron chi connectivity index (χ2n) is 3.99. The summed E-state index contributed by atoms with van der Waals surface area (Å²) in [5.74, 6) is -1.42. The Bertz CT molecular complexity index is 716. The molecule has 8 heteroatoms. The zero-order valence-electron chi connectivity index (χ0n) is 10.0. The maximum absolute atomic E-state index is 13.0. The summed E-state index contributed by atoms with van der Waals surface area (Å²) in [4.78, 5) is 15.2. The lowest BCUT2D eigenvalue weighted by Gasteiger charge is -2.08. The lowest BCUT2D eigenvalue weighted by Crippen LogP contribution is -2.11. The van der Waals surface area contributed by atoms with Crippen LogP contribution in [0.1, 0.15) is 21.6 Å². The van der Waals surface area contributed by atoms with Crippen molar-refractivity contribution in [3.8, 4) is 0 Å². The largest absolute Gasteiger partial charge is 0.433 e. The number of halogens is 6. The maximum Gasteiger partial charge on any atom is 0.433 e. The van der Waals surface area contributed by atoms with Crippen LogP contribution in [0.3, 0.4) is 0 Å². The van der Waals surface area contributed by atoms with Crippen LogP contribution in [-0.4, -0.2) is 10.8 Å². The van der Waals surface area contributed by atoms with Crippen LogP contribution >= 0.6 is 23.2 Å². The summed E-state index contributed by atoms with van der Waals surface area (Å²) >= 11 is 11.2. The zero-order valence-corrected chi connectivity index (χ0v) is 11.5. The molecule has 0 fully saturated rings. The number of pyridine rings is 1. The number of rotatable bonds is 2. The standard InChI is InChI=1S/C13H5Cl2F4NO/c14-8-5-6(1-3-9(8)16)11(21)7-2-4-10(13(17,18)19)20-12(7)15/h1-5H. The molecule has 1 aromatic heterocycles. The maximum atomic E-state index is 13.0. The van der Waals surface area contributed by atoms with E-state index in [-0.39, 0.29) is 16.1 Å². The summed E-state index contributed by atoms with van der Waals surface area (Å²) in [7, 11) is 0. The van der Waals surface area contributed by atoms with Gasteiger partial charge in [0.15, 0.2) is 5.78 Å². The Hall–Kier alpha value is -1.66. The molecule has 0 atom stereocenters. The number of hydrogen-bond donors (Lipinski definition) is 0. The predicted octanol–water partition coefficient (Wildman–Crippen LogP) is 4.78. The highest BCUT2D eigenvalue weighted by Gasteiger charge is 2.33. The smallest absolute Gasteiger partial charge is 0.288 e. The summed E-state index contributed by atoms with van der Waals surface area (Å²) < 4.78 is 50.4. The number of hydrogen-bond acceptors (Lipinski definition) is 2. The first-order valence-electron chi connectivity index (χ1n) is 5.43. The van der Waals surface area contributed by atoms with Crippen molar-refractivity contribution < 1.29 is 22.4 Å². The van der Waals surface area contributed by atoms with Crippen molar-refractivity contribution in [2.75, 3.05) is 0 Å². The molecule has 0 N–H and O–H groups in total. The predicted molar refractivity (Wildman–Crippen MR) is 69.1 cm³/mol. The highest BCUT2D eigenvalue weighted by molar-refractivity contribution is 6.34. The molecule has 0 saturated carbocycles. The van der Waals surface area contributed by atoms with Crippen molar-refractivity contribution >= 4 is 29.0 Å². The van der Waals surface area contributed by atoms with Crippen LogP contribution in [0.25, 0.3) is 0 Å². The topological polar surface area (TPSA) is 30.0 Å². The molecule has 0 unspecified atom stereocenters. The molecule has 110 valence electrons. The summed E-state index contributed by atoms with van der Waals surface area (Å²) in [6.45, 7) is 0. The molecule has 0 spiro atoms. The SMILES string of the molecule is O=C(c1ccc(F)c(Cl)c1)c1ccc(C(F)(F)F)nc1Cl. The third-order valence-electron chi connectivity index (χ3n) is 2.57. The van der Waals surface area contributed by atoms with Gasteiger partial charge < -0.3 is 0 Å². The van der Waals surface area contributed by atoms with E-state index in [2.05, 4.69) is 4.98 Å². The van der Waals surface area contributed by atoms with Gasteiger partial charge in [-0.3, -0.25) is 4.79 Å². The van der Waals surface area contributed by atoms with Crippen molar-refractivity contribution in [3.05, 3.63) is 63.1 Å². The van der Waals surface area contributed by atoms with Crippen LogP contribution in [0.5, 0.6) is 0 Å². The fraction of sp³-hybridized carbons (Fsp3) is 0.0769. The normalized spacial score (nSPS) is 11.5. The van der Waals surface area contributed by atoms with Crippen LogP contribution in [0.15, 0.2) is 30.3 Å². The number of nitrogens with zero attached hydrogens (tertiary/aromatic N) is 1. The molecule has 2 aromatic rings. The molecule has 0 aliphatic heterocycles. The summed E-state index contributed by atoms with van der Waals surface area (Å²) in [6.07, 6.45) is -4.66. The number of aromatic nitrogens is 1. The number of alkyl halides is 3. The number of ketones is 1.